The summed E-state index contributed by atoms with van der Waals surface area (Å²) in [6.45, 7) is 5.81. The number of carbonyl (C=O) groups is 1. The van der Waals surface area contributed by atoms with E-state index in [0.29, 0.717) is 5.16 Å². The number of hydrogen-bond acceptors (Lipinski definition) is 5. The molecule has 2 aromatic carbocycles. The number of carbonyl (C=O) groups excluding carboxylic acids is 1. The first-order valence-corrected chi connectivity index (χ1v) is 9.56. The van der Waals surface area contributed by atoms with Crippen molar-refractivity contribution in [2.24, 2.45) is 0 Å². The number of nitro groups is 1. The zero-order valence-electron chi connectivity index (χ0n) is 15.7. The van der Waals surface area contributed by atoms with E-state index in [2.05, 4.69) is 16.4 Å². The maximum absolute atomic E-state index is 12.6. The summed E-state index contributed by atoms with van der Waals surface area (Å²) in [6.07, 6.45) is 3.54. The van der Waals surface area contributed by atoms with Crippen LogP contribution in [-0.4, -0.2) is 25.6 Å². The molecule has 8 heteroatoms. The number of aromatic nitrogens is 2. The molecule has 0 aliphatic carbocycles. The average Bonchev–Trinajstić information content (AvgIpc) is 3.09. The molecule has 0 aliphatic heterocycles. The first kappa shape index (κ1) is 19.6. The van der Waals surface area contributed by atoms with Gasteiger partial charge in [-0.15, -0.1) is 0 Å². The van der Waals surface area contributed by atoms with E-state index < -0.39 is 10.2 Å². The van der Waals surface area contributed by atoms with E-state index >= 15 is 0 Å². The monoisotopic (exact) mass is 396 g/mol. The average molecular weight is 396 g/mol. The van der Waals surface area contributed by atoms with Crippen LogP contribution in [0.1, 0.15) is 18.1 Å². The van der Waals surface area contributed by atoms with Crippen LogP contribution in [-0.2, 0) is 4.79 Å². The fourth-order valence-electron chi connectivity index (χ4n) is 2.82. The number of aryl methyl sites for hydroxylation is 2. The van der Waals surface area contributed by atoms with E-state index in [9.17, 15) is 14.9 Å². The molecule has 28 heavy (non-hydrogen) atoms. The van der Waals surface area contributed by atoms with Gasteiger partial charge in [0.05, 0.1) is 15.9 Å². The van der Waals surface area contributed by atoms with Gasteiger partial charge in [-0.3, -0.25) is 19.5 Å². The van der Waals surface area contributed by atoms with Crippen LogP contribution < -0.4 is 5.32 Å². The van der Waals surface area contributed by atoms with Crippen molar-refractivity contribution in [2.45, 2.75) is 31.2 Å². The molecule has 1 unspecified atom stereocenters. The maximum atomic E-state index is 12.6. The number of thioether (sulfide) groups is 1. The maximum Gasteiger partial charge on any atom is 0.292 e. The van der Waals surface area contributed by atoms with Gasteiger partial charge in [0.2, 0.25) is 5.91 Å². The summed E-state index contributed by atoms with van der Waals surface area (Å²) in [7, 11) is 0. The van der Waals surface area contributed by atoms with Crippen LogP contribution in [0.25, 0.3) is 5.69 Å². The Morgan fingerprint density at radius 1 is 1.25 bits per heavy atom. The Morgan fingerprint density at radius 2 is 2.00 bits per heavy atom. The molecule has 1 atom stereocenters. The Morgan fingerprint density at radius 3 is 2.71 bits per heavy atom. The van der Waals surface area contributed by atoms with Gasteiger partial charge in [-0.25, -0.2) is 4.98 Å². The van der Waals surface area contributed by atoms with Crippen LogP contribution in [0.15, 0.2) is 60.0 Å². The minimum atomic E-state index is -0.514. The van der Waals surface area contributed by atoms with Crippen LogP contribution in [0.5, 0.6) is 0 Å². The first-order chi connectivity index (χ1) is 13.4. The van der Waals surface area contributed by atoms with E-state index in [1.54, 1.807) is 25.3 Å². The lowest BCUT2D eigenvalue weighted by molar-refractivity contribution is -0.383. The Labute approximate surface area is 166 Å². The van der Waals surface area contributed by atoms with Crippen molar-refractivity contribution in [1.29, 1.82) is 0 Å². The summed E-state index contributed by atoms with van der Waals surface area (Å²) in [4.78, 5) is 27.6. The highest BCUT2D eigenvalue weighted by molar-refractivity contribution is 8.00. The molecule has 144 valence electrons. The van der Waals surface area contributed by atoms with Crippen molar-refractivity contribution in [3.05, 3.63) is 76.1 Å². The first-order valence-electron chi connectivity index (χ1n) is 8.68. The van der Waals surface area contributed by atoms with Crippen molar-refractivity contribution in [1.82, 2.24) is 9.55 Å². The van der Waals surface area contributed by atoms with E-state index in [-0.39, 0.29) is 17.3 Å². The zero-order valence-corrected chi connectivity index (χ0v) is 16.6. The number of benzene rings is 2. The predicted molar refractivity (Wildman–Crippen MR) is 110 cm³/mol. The molecule has 0 saturated heterocycles. The second-order valence-electron chi connectivity index (χ2n) is 6.39. The summed E-state index contributed by atoms with van der Waals surface area (Å²) in [5.41, 5.74) is 3.33. The highest BCUT2D eigenvalue weighted by Gasteiger charge is 2.21. The molecule has 1 aromatic heterocycles. The molecule has 0 radical (unpaired) electrons. The van der Waals surface area contributed by atoms with Crippen LogP contribution in [0, 0.1) is 24.0 Å². The van der Waals surface area contributed by atoms with Crippen molar-refractivity contribution in [3.8, 4) is 5.69 Å². The predicted octanol–water partition coefficient (Wildman–Crippen LogP) is 4.52. The van der Waals surface area contributed by atoms with Crippen LogP contribution in [0.3, 0.4) is 0 Å². The standard InChI is InChI=1S/C20H20N4O3S/c1-13-8-9-17(14(2)12-13)23-11-10-21-20(23)28-15(3)19(25)22-16-6-4-5-7-18(16)24(26)27/h4-12,15H,1-3H3,(H,22,25). The fraction of sp³-hybridized carbons (Fsp3) is 0.200. The van der Waals surface area contributed by atoms with Gasteiger partial charge in [0.1, 0.15) is 5.69 Å². The van der Waals surface area contributed by atoms with E-state index in [1.807, 2.05) is 36.7 Å². The molecule has 0 saturated carbocycles. The van der Waals surface area contributed by atoms with E-state index in [1.165, 1.54) is 29.5 Å². The molecular formula is C20H20N4O3S. The van der Waals surface area contributed by atoms with Crippen LogP contribution in [0.2, 0.25) is 0 Å². The third-order valence-corrected chi connectivity index (χ3v) is 5.31. The van der Waals surface area contributed by atoms with E-state index in [4.69, 9.17) is 0 Å². The van der Waals surface area contributed by atoms with Gasteiger partial charge in [-0.05, 0) is 38.5 Å². The molecule has 0 aliphatic rings. The number of rotatable bonds is 6. The number of hydrogen-bond donors (Lipinski definition) is 1. The van der Waals surface area contributed by atoms with Gasteiger partial charge in [-0.1, -0.05) is 41.6 Å². The summed E-state index contributed by atoms with van der Waals surface area (Å²) < 4.78 is 1.94. The van der Waals surface area contributed by atoms with E-state index in [0.717, 1.165) is 11.3 Å². The number of para-hydroxylation sites is 2. The Kier molecular flexibility index (Phi) is 5.79. The lowest BCUT2D eigenvalue weighted by Crippen LogP contribution is -2.23. The molecule has 1 amide bonds. The van der Waals surface area contributed by atoms with Gasteiger partial charge < -0.3 is 5.32 Å². The minimum absolute atomic E-state index is 0.134. The third kappa shape index (κ3) is 4.23. The molecule has 1 heterocycles. The SMILES string of the molecule is Cc1ccc(-n2ccnc2SC(C)C(=O)Nc2ccccc2[N+](=O)[O-])c(C)c1. The molecule has 1 N–H and O–H groups in total. The quantitative estimate of drug-likeness (QED) is 0.376. The van der Waals surface area contributed by atoms with Crippen molar-refractivity contribution < 1.29 is 9.72 Å². The second kappa shape index (κ2) is 8.26. The number of anilines is 1. The van der Waals surface area contributed by atoms with Crippen LogP contribution >= 0.6 is 11.8 Å². The van der Waals surface area contributed by atoms with Gasteiger partial charge in [0, 0.05) is 18.5 Å². The summed E-state index contributed by atoms with van der Waals surface area (Å²) in [5, 5.41) is 14.0. The van der Waals surface area contributed by atoms with Crippen molar-refractivity contribution in [3.63, 3.8) is 0 Å². The van der Waals surface area contributed by atoms with Gasteiger partial charge in [-0.2, -0.15) is 0 Å². The molecular weight excluding hydrogens is 376 g/mol. The number of nitrogens with one attached hydrogen (secondary N) is 1. The molecule has 0 fully saturated rings. The summed E-state index contributed by atoms with van der Waals surface area (Å²) >= 11 is 1.30. The van der Waals surface area contributed by atoms with Gasteiger partial charge in [0.15, 0.2) is 5.16 Å². The van der Waals surface area contributed by atoms with Crippen LogP contribution in [0.4, 0.5) is 11.4 Å². The summed E-state index contributed by atoms with van der Waals surface area (Å²) in [5.74, 6) is -0.325. The minimum Gasteiger partial charge on any atom is -0.319 e. The third-order valence-electron chi connectivity index (χ3n) is 4.23. The molecule has 3 rings (SSSR count). The summed E-state index contributed by atoms with van der Waals surface area (Å²) in [6, 6.07) is 12.2. The lowest BCUT2D eigenvalue weighted by atomic mass is 10.1. The molecule has 7 nitrogen and oxygen atoms in total. The Hall–Kier alpha value is -3.13. The second-order valence-corrected chi connectivity index (χ2v) is 7.70. The number of nitrogens with zero attached hydrogens (tertiary/aromatic N) is 3. The molecule has 0 spiro atoms. The molecule has 3 aromatic rings. The fourth-order valence-corrected chi connectivity index (χ4v) is 3.70. The smallest absolute Gasteiger partial charge is 0.292 e. The lowest BCUT2D eigenvalue weighted by Gasteiger charge is -2.14. The normalized spacial score (nSPS) is 11.8. The number of amides is 1. The Bertz CT molecular complexity index is 1030. The number of nitro benzene ring substituents is 1. The highest BCUT2D eigenvalue weighted by atomic mass is 32.2. The van der Waals surface area contributed by atoms with Gasteiger partial charge >= 0.3 is 0 Å². The van der Waals surface area contributed by atoms with Crippen molar-refractivity contribution in [2.75, 3.05) is 5.32 Å². The number of imidazole rings is 1. The highest BCUT2D eigenvalue weighted by Crippen LogP contribution is 2.28. The van der Waals surface area contributed by atoms with Crippen molar-refractivity contribution >= 4 is 29.0 Å². The largest absolute Gasteiger partial charge is 0.319 e. The van der Waals surface area contributed by atoms with Gasteiger partial charge in [0.25, 0.3) is 5.69 Å². The Balaban J connectivity index is 1.77. The molecule has 0 bridgehead atoms. The topological polar surface area (TPSA) is 90.1 Å². The zero-order chi connectivity index (χ0) is 20.3.